The molecule has 0 fully saturated rings. The summed E-state index contributed by atoms with van der Waals surface area (Å²) >= 11 is 0. The van der Waals surface area contributed by atoms with Crippen molar-refractivity contribution in [3.63, 3.8) is 0 Å². The van der Waals surface area contributed by atoms with E-state index in [0.29, 0.717) is 19.0 Å². The highest BCUT2D eigenvalue weighted by atomic mass is 16.5. The van der Waals surface area contributed by atoms with Crippen LogP contribution >= 0.6 is 0 Å². The molecule has 1 heterocycles. The van der Waals surface area contributed by atoms with Crippen molar-refractivity contribution in [2.45, 2.75) is 20.4 Å². The van der Waals surface area contributed by atoms with Crippen LogP contribution in [-0.2, 0) is 16.1 Å². The molecule has 0 aliphatic carbocycles. The van der Waals surface area contributed by atoms with Crippen LogP contribution in [0.2, 0.25) is 0 Å². The van der Waals surface area contributed by atoms with Gasteiger partial charge in [0.05, 0.1) is 26.0 Å². The molecule has 0 N–H and O–H groups in total. The highest BCUT2D eigenvalue weighted by Crippen LogP contribution is 2.08. The molecule has 1 rings (SSSR count). The molecule has 0 saturated carbocycles. The molecule has 0 spiro atoms. The molecule has 5 nitrogen and oxygen atoms in total. The van der Waals surface area contributed by atoms with Gasteiger partial charge < -0.3 is 9.47 Å². The number of carbonyl (C=O) groups excluding carboxylic acids is 1. The Balaban J connectivity index is 2.58. The lowest BCUT2D eigenvalue weighted by atomic mass is 10.3. The second-order valence-corrected chi connectivity index (χ2v) is 3.78. The Morgan fingerprint density at radius 2 is 2.17 bits per heavy atom. The van der Waals surface area contributed by atoms with Crippen LogP contribution < -0.4 is 4.74 Å². The maximum absolute atomic E-state index is 11.4. The van der Waals surface area contributed by atoms with Crippen LogP contribution in [0.15, 0.2) is 18.2 Å². The Hall–Kier alpha value is -1.62. The topological polar surface area (TPSA) is 51.7 Å². The van der Waals surface area contributed by atoms with Gasteiger partial charge in [-0.1, -0.05) is 13.0 Å². The number of rotatable bonds is 7. The molecule has 0 radical (unpaired) electrons. The van der Waals surface area contributed by atoms with Crippen LogP contribution in [0.3, 0.4) is 0 Å². The maximum atomic E-state index is 11.4. The Morgan fingerprint density at radius 1 is 1.39 bits per heavy atom. The smallest absolute Gasteiger partial charge is 0.320 e. The number of hydrogen-bond donors (Lipinski definition) is 0. The van der Waals surface area contributed by atoms with Gasteiger partial charge >= 0.3 is 5.97 Å². The average Bonchev–Trinajstić information content (AvgIpc) is 2.38. The van der Waals surface area contributed by atoms with Crippen LogP contribution in [0.4, 0.5) is 0 Å². The van der Waals surface area contributed by atoms with E-state index in [1.165, 1.54) is 0 Å². The monoisotopic (exact) mass is 252 g/mol. The SMILES string of the molecule is CCOC(=O)CN(CC)Cc1cccc(OC)n1. The van der Waals surface area contributed by atoms with Crippen molar-refractivity contribution in [3.05, 3.63) is 23.9 Å². The minimum atomic E-state index is -0.206. The Bertz CT molecular complexity index is 382. The van der Waals surface area contributed by atoms with Gasteiger partial charge in [-0.15, -0.1) is 0 Å². The zero-order valence-corrected chi connectivity index (χ0v) is 11.2. The molecule has 0 unspecified atom stereocenters. The first-order valence-corrected chi connectivity index (χ1v) is 6.07. The van der Waals surface area contributed by atoms with Crippen LogP contribution in [0.1, 0.15) is 19.5 Å². The number of methoxy groups -OCH3 is 1. The van der Waals surface area contributed by atoms with Gasteiger partial charge in [0.2, 0.25) is 5.88 Å². The average molecular weight is 252 g/mol. The van der Waals surface area contributed by atoms with Crippen LogP contribution in [0.5, 0.6) is 5.88 Å². The van der Waals surface area contributed by atoms with Gasteiger partial charge in [0.25, 0.3) is 0 Å². The highest BCUT2D eigenvalue weighted by Gasteiger charge is 2.11. The molecule has 0 saturated heterocycles. The van der Waals surface area contributed by atoms with Gasteiger partial charge in [0.1, 0.15) is 0 Å². The molecular formula is C13H20N2O3. The van der Waals surface area contributed by atoms with Crippen LogP contribution in [0, 0.1) is 0 Å². The molecule has 0 aliphatic rings. The zero-order valence-electron chi connectivity index (χ0n) is 11.2. The molecule has 1 aromatic rings. The summed E-state index contributed by atoms with van der Waals surface area (Å²) in [6.07, 6.45) is 0. The standard InChI is InChI=1S/C13H20N2O3/c1-4-15(10-13(16)18-5-2)9-11-7-6-8-12(14-11)17-3/h6-8H,4-5,9-10H2,1-3H3. The molecule has 5 heteroatoms. The van der Waals surface area contributed by atoms with Crippen molar-refractivity contribution in [1.82, 2.24) is 9.88 Å². The Labute approximate surface area is 108 Å². The lowest BCUT2D eigenvalue weighted by Gasteiger charge is -2.18. The number of esters is 1. The summed E-state index contributed by atoms with van der Waals surface area (Å²) in [6.45, 7) is 5.86. The van der Waals surface area contributed by atoms with E-state index < -0.39 is 0 Å². The molecule has 0 amide bonds. The van der Waals surface area contributed by atoms with Crippen molar-refractivity contribution in [2.75, 3.05) is 26.8 Å². The first-order valence-electron chi connectivity index (χ1n) is 6.07. The summed E-state index contributed by atoms with van der Waals surface area (Å²) in [7, 11) is 1.59. The predicted octanol–water partition coefficient (Wildman–Crippen LogP) is 1.48. The Morgan fingerprint density at radius 3 is 2.78 bits per heavy atom. The summed E-state index contributed by atoms with van der Waals surface area (Å²) in [5.74, 6) is 0.377. The summed E-state index contributed by atoms with van der Waals surface area (Å²) in [5.41, 5.74) is 0.875. The lowest BCUT2D eigenvalue weighted by Crippen LogP contribution is -2.30. The van der Waals surface area contributed by atoms with Gasteiger partial charge in [-0.05, 0) is 19.5 Å². The molecule has 0 aliphatic heterocycles. The molecule has 0 atom stereocenters. The van der Waals surface area contributed by atoms with Crippen molar-refractivity contribution >= 4 is 5.97 Å². The van der Waals surface area contributed by atoms with Crippen LogP contribution in [0.25, 0.3) is 0 Å². The third-order valence-corrected chi connectivity index (χ3v) is 2.48. The van der Waals surface area contributed by atoms with Crippen molar-refractivity contribution < 1.29 is 14.3 Å². The predicted molar refractivity (Wildman–Crippen MR) is 68.4 cm³/mol. The molecule has 0 bridgehead atoms. The van der Waals surface area contributed by atoms with E-state index in [0.717, 1.165) is 12.2 Å². The number of carbonyl (C=O) groups is 1. The molecule has 100 valence electrons. The zero-order chi connectivity index (χ0) is 13.4. The molecule has 18 heavy (non-hydrogen) atoms. The normalized spacial score (nSPS) is 10.4. The summed E-state index contributed by atoms with van der Waals surface area (Å²) < 4.78 is 10.00. The number of hydrogen-bond acceptors (Lipinski definition) is 5. The fourth-order valence-corrected chi connectivity index (χ4v) is 1.56. The lowest BCUT2D eigenvalue weighted by molar-refractivity contribution is -0.144. The number of pyridine rings is 1. The van der Waals surface area contributed by atoms with Crippen LogP contribution in [-0.4, -0.2) is 42.7 Å². The molecular weight excluding hydrogens is 232 g/mol. The maximum Gasteiger partial charge on any atom is 0.320 e. The first-order chi connectivity index (χ1) is 8.69. The summed E-state index contributed by atoms with van der Waals surface area (Å²) in [6, 6.07) is 5.60. The number of nitrogens with zero attached hydrogens (tertiary/aromatic N) is 2. The summed E-state index contributed by atoms with van der Waals surface area (Å²) in [5, 5.41) is 0. The number of ether oxygens (including phenoxy) is 2. The summed E-state index contributed by atoms with van der Waals surface area (Å²) in [4.78, 5) is 17.7. The van der Waals surface area contributed by atoms with Gasteiger partial charge in [-0.2, -0.15) is 0 Å². The van der Waals surface area contributed by atoms with Gasteiger partial charge in [0.15, 0.2) is 0 Å². The Kier molecular flexibility index (Phi) is 6.14. The third kappa shape index (κ3) is 4.71. The highest BCUT2D eigenvalue weighted by molar-refractivity contribution is 5.71. The van der Waals surface area contributed by atoms with E-state index in [4.69, 9.17) is 9.47 Å². The van der Waals surface area contributed by atoms with E-state index in [-0.39, 0.29) is 12.5 Å². The van der Waals surface area contributed by atoms with E-state index in [9.17, 15) is 4.79 Å². The quantitative estimate of drug-likeness (QED) is 0.688. The number of likely N-dealkylation sites (N-methyl/N-ethyl adjacent to an activating group) is 1. The second-order valence-electron chi connectivity index (χ2n) is 3.78. The fourth-order valence-electron chi connectivity index (χ4n) is 1.56. The largest absolute Gasteiger partial charge is 0.481 e. The van der Waals surface area contributed by atoms with Crippen molar-refractivity contribution in [3.8, 4) is 5.88 Å². The first kappa shape index (κ1) is 14.4. The fraction of sp³-hybridized carbons (Fsp3) is 0.538. The minimum Gasteiger partial charge on any atom is -0.481 e. The van der Waals surface area contributed by atoms with E-state index in [1.54, 1.807) is 20.1 Å². The molecule has 1 aromatic heterocycles. The van der Waals surface area contributed by atoms with Gasteiger partial charge in [0, 0.05) is 12.6 Å². The minimum absolute atomic E-state index is 0.206. The third-order valence-electron chi connectivity index (χ3n) is 2.48. The van der Waals surface area contributed by atoms with E-state index in [2.05, 4.69) is 4.98 Å². The van der Waals surface area contributed by atoms with E-state index >= 15 is 0 Å². The second kappa shape index (κ2) is 7.66. The molecule has 0 aromatic carbocycles. The van der Waals surface area contributed by atoms with E-state index in [1.807, 2.05) is 24.0 Å². The number of aromatic nitrogens is 1. The van der Waals surface area contributed by atoms with Crippen molar-refractivity contribution in [2.24, 2.45) is 0 Å². The van der Waals surface area contributed by atoms with Crippen molar-refractivity contribution in [1.29, 1.82) is 0 Å². The van der Waals surface area contributed by atoms with Gasteiger partial charge in [-0.3, -0.25) is 9.69 Å². The van der Waals surface area contributed by atoms with Gasteiger partial charge in [-0.25, -0.2) is 4.98 Å².